The summed E-state index contributed by atoms with van der Waals surface area (Å²) >= 11 is 0. The second kappa shape index (κ2) is 6.91. The molecule has 4 heteroatoms. The zero-order valence-corrected chi connectivity index (χ0v) is 16.0. The molecular weight excluding hydrogens is 358 g/mol. The SMILES string of the molecule is Cc1cccn2cc(-c3ccccc3NC(=O)c3ccc4ccccc4c3)nc12. The van der Waals surface area contributed by atoms with E-state index in [1.807, 2.05) is 103 Å². The number of hydrogen-bond acceptors (Lipinski definition) is 2. The van der Waals surface area contributed by atoms with Gasteiger partial charge in [0.1, 0.15) is 5.65 Å². The lowest BCUT2D eigenvalue weighted by Gasteiger charge is -2.10. The van der Waals surface area contributed by atoms with Gasteiger partial charge >= 0.3 is 0 Å². The number of anilines is 1. The molecule has 0 radical (unpaired) electrons. The first-order valence-corrected chi connectivity index (χ1v) is 9.53. The maximum absolute atomic E-state index is 12.9. The first-order chi connectivity index (χ1) is 14.2. The maximum Gasteiger partial charge on any atom is 0.255 e. The molecule has 2 heterocycles. The molecule has 5 aromatic rings. The molecule has 140 valence electrons. The molecule has 5 rings (SSSR count). The number of carbonyl (C=O) groups excluding carboxylic acids is 1. The van der Waals surface area contributed by atoms with Crippen molar-refractivity contribution in [3.63, 3.8) is 0 Å². The summed E-state index contributed by atoms with van der Waals surface area (Å²) in [5, 5.41) is 5.22. The Kier molecular flexibility index (Phi) is 4.10. The van der Waals surface area contributed by atoms with Gasteiger partial charge in [-0.3, -0.25) is 4.79 Å². The Hall–Kier alpha value is -3.92. The minimum atomic E-state index is -0.136. The molecule has 1 amide bonds. The second-order valence-corrected chi connectivity index (χ2v) is 7.11. The number of para-hydroxylation sites is 1. The van der Waals surface area contributed by atoms with Crippen molar-refractivity contribution in [1.82, 2.24) is 9.38 Å². The molecule has 0 unspecified atom stereocenters. The number of benzene rings is 3. The van der Waals surface area contributed by atoms with Crippen molar-refractivity contribution in [2.45, 2.75) is 6.92 Å². The molecule has 29 heavy (non-hydrogen) atoms. The van der Waals surface area contributed by atoms with Crippen LogP contribution in [0.2, 0.25) is 0 Å². The van der Waals surface area contributed by atoms with Gasteiger partial charge in [0, 0.05) is 23.5 Å². The van der Waals surface area contributed by atoms with Crippen LogP contribution in [-0.4, -0.2) is 15.3 Å². The van der Waals surface area contributed by atoms with Gasteiger partial charge in [0.05, 0.1) is 11.4 Å². The van der Waals surface area contributed by atoms with Crippen molar-refractivity contribution >= 4 is 28.0 Å². The number of rotatable bonds is 3. The average Bonchev–Trinajstić information content (AvgIpc) is 3.19. The summed E-state index contributed by atoms with van der Waals surface area (Å²) in [5.41, 5.74) is 5.11. The van der Waals surface area contributed by atoms with Crippen LogP contribution in [0.25, 0.3) is 27.7 Å². The van der Waals surface area contributed by atoms with Gasteiger partial charge in [0.15, 0.2) is 0 Å². The smallest absolute Gasteiger partial charge is 0.255 e. The topological polar surface area (TPSA) is 46.4 Å². The Morgan fingerprint density at radius 1 is 0.897 bits per heavy atom. The van der Waals surface area contributed by atoms with Crippen LogP contribution in [-0.2, 0) is 0 Å². The standard InChI is InChI=1S/C25H19N3O/c1-17-7-6-14-28-16-23(26-24(17)28)21-10-4-5-11-22(21)27-25(29)20-13-12-18-8-2-3-9-19(18)15-20/h2-16H,1H3,(H,27,29). The number of amides is 1. The van der Waals surface area contributed by atoms with Gasteiger partial charge in [-0.25, -0.2) is 4.98 Å². The van der Waals surface area contributed by atoms with Crippen LogP contribution in [0.5, 0.6) is 0 Å². The Labute approximate surface area is 168 Å². The molecular formula is C25H19N3O. The van der Waals surface area contributed by atoms with Gasteiger partial charge < -0.3 is 9.72 Å². The highest BCUT2D eigenvalue weighted by molar-refractivity contribution is 6.08. The first kappa shape index (κ1) is 17.2. The molecule has 0 bridgehead atoms. The molecule has 0 fully saturated rings. The van der Waals surface area contributed by atoms with Crippen LogP contribution >= 0.6 is 0 Å². The van der Waals surface area contributed by atoms with E-state index >= 15 is 0 Å². The molecule has 0 aliphatic heterocycles. The molecule has 4 nitrogen and oxygen atoms in total. The fourth-order valence-electron chi connectivity index (χ4n) is 3.62. The number of imidazole rings is 1. The van der Waals surface area contributed by atoms with E-state index in [4.69, 9.17) is 4.98 Å². The molecule has 0 atom stereocenters. The third kappa shape index (κ3) is 3.15. The summed E-state index contributed by atoms with van der Waals surface area (Å²) in [4.78, 5) is 17.7. The predicted octanol–water partition coefficient (Wildman–Crippen LogP) is 5.72. The third-order valence-corrected chi connectivity index (χ3v) is 5.14. The Balaban J connectivity index is 1.51. The van der Waals surface area contributed by atoms with Crippen LogP contribution in [0, 0.1) is 6.92 Å². The van der Waals surface area contributed by atoms with Gasteiger partial charge in [0.25, 0.3) is 5.91 Å². The monoisotopic (exact) mass is 377 g/mol. The van der Waals surface area contributed by atoms with E-state index in [9.17, 15) is 4.79 Å². The summed E-state index contributed by atoms with van der Waals surface area (Å²) in [7, 11) is 0. The molecule has 2 aromatic heterocycles. The Morgan fingerprint density at radius 3 is 2.55 bits per heavy atom. The number of hydrogen-bond donors (Lipinski definition) is 1. The summed E-state index contributed by atoms with van der Waals surface area (Å²) in [6, 6.07) is 25.6. The van der Waals surface area contributed by atoms with E-state index in [0.29, 0.717) is 5.56 Å². The summed E-state index contributed by atoms with van der Waals surface area (Å²) in [6.45, 7) is 2.04. The van der Waals surface area contributed by atoms with Gasteiger partial charge in [-0.1, -0.05) is 54.6 Å². The molecule has 1 N–H and O–H groups in total. The fraction of sp³-hybridized carbons (Fsp3) is 0.0400. The zero-order chi connectivity index (χ0) is 19.8. The zero-order valence-electron chi connectivity index (χ0n) is 16.0. The van der Waals surface area contributed by atoms with E-state index < -0.39 is 0 Å². The number of fused-ring (bicyclic) bond motifs is 2. The lowest BCUT2D eigenvalue weighted by Crippen LogP contribution is -2.12. The molecule has 0 saturated heterocycles. The molecule has 0 aliphatic rings. The number of aromatic nitrogens is 2. The largest absolute Gasteiger partial charge is 0.321 e. The highest BCUT2D eigenvalue weighted by Gasteiger charge is 2.13. The van der Waals surface area contributed by atoms with E-state index in [1.165, 1.54) is 0 Å². The van der Waals surface area contributed by atoms with Gasteiger partial charge in [-0.15, -0.1) is 0 Å². The number of nitrogens with one attached hydrogen (secondary N) is 1. The number of nitrogens with zero attached hydrogens (tertiary/aromatic N) is 2. The van der Waals surface area contributed by atoms with Crippen LogP contribution < -0.4 is 5.32 Å². The van der Waals surface area contributed by atoms with Crippen LogP contribution in [0.1, 0.15) is 15.9 Å². The predicted molar refractivity (Wildman–Crippen MR) is 117 cm³/mol. The van der Waals surface area contributed by atoms with Gasteiger partial charge in [0.2, 0.25) is 0 Å². The first-order valence-electron chi connectivity index (χ1n) is 9.53. The van der Waals surface area contributed by atoms with Gasteiger partial charge in [-0.05, 0) is 47.5 Å². The number of aryl methyl sites for hydroxylation is 1. The van der Waals surface area contributed by atoms with E-state index in [2.05, 4.69) is 5.32 Å². The van der Waals surface area contributed by atoms with Crippen molar-refractivity contribution in [2.24, 2.45) is 0 Å². The molecule has 0 saturated carbocycles. The van der Waals surface area contributed by atoms with E-state index in [0.717, 1.165) is 38.9 Å². The maximum atomic E-state index is 12.9. The van der Waals surface area contributed by atoms with Crippen LogP contribution in [0.3, 0.4) is 0 Å². The summed E-state index contributed by atoms with van der Waals surface area (Å²) in [5.74, 6) is -0.136. The minimum Gasteiger partial charge on any atom is -0.321 e. The lowest BCUT2D eigenvalue weighted by molar-refractivity contribution is 0.102. The highest BCUT2D eigenvalue weighted by Crippen LogP contribution is 2.28. The van der Waals surface area contributed by atoms with Crippen molar-refractivity contribution in [3.8, 4) is 11.3 Å². The normalized spacial score (nSPS) is 11.1. The quantitative estimate of drug-likeness (QED) is 0.437. The Morgan fingerprint density at radius 2 is 1.69 bits per heavy atom. The third-order valence-electron chi connectivity index (χ3n) is 5.14. The van der Waals surface area contributed by atoms with Crippen molar-refractivity contribution in [3.05, 3.63) is 102 Å². The number of carbonyl (C=O) groups is 1. The van der Waals surface area contributed by atoms with Crippen molar-refractivity contribution in [2.75, 3.05) is 5.32 Å². The van der Waals surface area contributed by atoms with Crippen LogP contribution in [0.4, 0.5) is 5.69 Å². The minimum absolute atomic E-state index is 0.136. The highest BCUT2D eigenvalue weighted by atomic mass is 16.1. The second-order valence-electron chi connectivity index (χ2n) is 7.11. The molecule has 0 aliphatic carbocycles. The fourth-order valence-corrected chi connectivity index (χ4v) is 3.62. The van der Waals surface area contributed by atoms with E-state index in [-0.39, 0.29) is 5.91 Å². The van der Waals surface area contributed by atoms with Crippen molar-refractivity contribution < 1.29 is 4.79 Å². The Bertz CT molecular complexity index is 1370. The number of pyridine rings is 1. The van der Waals surface area contributed by atoms with Crippen LogP contribution in [0.15, 0.2) is 91.3 Å². The summed E-state index contributed by atoms with van der Waals surface area (Å²) in [6.07, 6.45) is 3.97. The average molecular weight is 377 g/mol. The summed E-state index contributed by atoms with van der Waals surface area (Å²) < 4.78 is 2.01. The van der Waals surface area contributed by atoms with Crippen molar-refractivity contribution in [1.29, 1.82) is 0 Å². The lowest BCUT2D eigenvalue weighted by atomic mass is 10.1. The van der Waals surface area contributed by atoms with Gasteiger partial charge in [-0.2, -0.15) is 0 Å². The van der Waals surface area contributed by atoms with E-state index in [1.54, 1.807) is 0 Å². The molecule has 0 spiro atoms. The molecule has 3 aromatic carbocycles.